The van der Waals surface area contributed by atoms with Crippen LogP contribution in [0.1, 0.15) is 43.1 Å². The van der Waals surface area contributed by atoms with Crippen LogP contribution in [0, 0.1) is 0 Å². The monoisotopic (exact) mass is 278 g/mol. The number of nitrogen functional groups attached to an aromatic ring is 1. The Morgan fingerprint density at radius 1 is 1.45 bits per heavy atom. The average molecular weight is 278 g/mol. The van der Waals surface area contributed by atoms with E-state index in [0.717, 1.165) is 19.4 Å². The summed E-state index contributed by atoms with van der Waals surface area (Å²) in [5.74, 6) is -0.0309. The Hall–Kier alpha value is -1.49. The molecule has 5 heteroatoms. The molecular formula is C15H26N4O. The molecule has 20 heavy (non-hydrogen) atoms. The van der Waals surface area contributed by atoms with Crippen LogP contribution in [0.2, 0.25) is 0 Å². The summed E-state index contributed by atoms with van der Waals surface area (Å²) in [5, 5.41) is 3.09. The molecule has 112 valence electrons. The third-order valence-corrected chi connectivity index (χ3v) is 4.55. The molecule has 3 N–H and O–H groups in total. The summed E-state index contributed by atoms with van der Waals surface area (Å²) in [7, 11) is 4.20. The van der Waals surface area contributed by atoms with Crippen molar-refractivity contribution in [1.82, 2.24) is 14.8 Å². The summed E-state index contributed by atoms with van der Waals surface area (Å²) >= 11 is 0. The number of rotatable bonds is 5. The van der Waals surface area contributed by atoms with Crippen molar-refractivity contribution >= 4 is 11.6 Å². The van der Waals surface area contributed by atoms with Gasteiger partial charge in [-0.05, 0) is 39.9 Å². The number of aryl methyl sites for hydroxylation is 1. The number of anilines is 1. The van der Waals surface area contributed by atoms with Gasteiger partial charge in [-0.2, -0.15) is 0 Å². The van der Waals surface area contributed by atoms with Crippen LogP contribution in [-0.4, -0.2) is 41.6 Å². The van der Waals surface area contributed by atoms with Crippen molar-refractivity contribution in [2.45, 2.75) is 44.7 Å². The third-order valence-electron chi connectivity index (χ3n) is 4.55. The van der Waals surface area contributed by atoms with Gasteiger partial charge in [-0.1, -0.05) is 12.8 Å². The standard InChI is InChI=1S/C15H26N4O/c1-4-19-10-12(16)9-13(19)14(20)17-11-15(18(2)3)7-5-6-8-15/h9-10H,4-8,11,16H2,1-3H3,(H,17,20). The molecule has 1 aromatic rings. The molecule has 0 saturated heterocycles. The molecule has 0 atom stereocenters. The Morgan fingerprint density at radius 2 is 2.10 bits per heavy atom. The molecule has 1 fully saturated rings. The molecule has 1 saturated carbocycles. The van der Waals surface area contributed by atoms with Crippen molar-refractivity contribution < 1.29 is 4.79 Å². The maximum atomic E-state index is 12.4. The van der Waals surface area contributed by atoms with E-state index in [2.05, 4.69) is 24.3 Å². The number of aromatic nitrogens is 1. The first-order valence-corrected chi connectivity index (χ1v) is 7.40. The first-order valence-electron chi connectivity index (χ1n) is 7.40. The fraction of sp³-hybridized carbons (Fsp3) is 0.667. The van der Waals surface area contributed by atoms with Crippen LogP contribution < -0.4 is 11.1 Å². The van der Waals surface area contributed by atoms with E-state index in [1.165, 1.54) is 12.8 Å². The van der Waals surface area contributed by atoms with Gasteiger partial charge in [0.2, 0.25) is 0 Å². The SMILES string of the molecule is CCn1cc(N)cc1C(=O)NCC1(N(C)C)CCCC1. The fourth-order valence-electron chi connectivity index (χ4n) is 3.14. The fourth-order valence-corrected chi connectivity index (χ4v) is 3.14. The van der Waals surface area contributed by atoms with E-state index in [-0.39, 0.29) is 11.4 Å². The largest absolute Gasteiger partial charge is 0.397 e. The molecule has 0 aliphatic heterocycles. The molecule has 0 unspecified atom stereocenters. The van der Waals surface area contributed by atoms with E-state index < -0.39 is 0 Å². The van der Waals surface area contributed by atoms with E-state index in [1.807, 2.05) is 17.7 Å². The van der Waals surface area contributed by atoms with E-state index in [0.29, 0.717) is 17.9 Å². The minimum absolute atomic E-state index is 0.0309. The second kappa shape index (κ2) is 5.87. The molecule has 0 spiro atoms. The second-order valence-electron chi connectivity index (χ2n) is 5.95. The number of nitrogens with one attached hydrogen (secondary N) is 1. The lowest BCUT2D eigenvalue weighted by Crippen LogP contribution is -2.51. The van der Waals surface area contributed by atoms with Gasteiger partial charge in [0.1, 0.15) is 5.69 Å². The summed E-state index contributed by atoms with van der Waals surface area (Å²) in [5.41, 5.74) is 7.18. The van der Waals surface area contributed by atoms with Gasteiger partial charge in [0, 0.05) is 24.8 Å². The van der Waals surface area contributed by atoms with E-state index in [4.69, 9.17) is 5.73 Å². The van der Waals surface area contributed by atoms with Crippen molar-refractivity contribution in [2.24, 2.45) is 0 Å². The first-order chi connectivity index (χ1) is 9.48. The van der Waals surface area contributed by atoms with Gasteiger partial charge < -0.3 is 20.5 Å². The highest BCUT2D eigenvalue weighted by atomic mass is 16.1. The minimum Gasteiger partial charge on any atom is -0.397 e. The topological polar surface area (TPSA) is 63.3 Å². The van der Waals surface area contributed by atoms with Gasteiger partial charge in [-0.3, -0.25) is 4.79 Å². The van der Waals surface area contributed by atoms with Crippen LogP contribution in [0.3, 0.4) is 0 Å². The first kappa shape index (κ1) is 14.9. The van der Waals surface area contributed by atoms with Crippen molar-refractivity contribution in [3.05, 3.63) is 18.0 Å². The number of likely N-dealkylation sites (N-methyl/N-ethyl adjacent to an activating group) is 1. The normalized spacial score (nSPS) is 17.6. The van der Waals surface area contributed by atoms with Gasteiger partial charge >= 0.3 is 0 Å². The van der Waals surface area contributed by atoms with Crippen molar-refractivity contribution in [1.29, 1.82) is 0 Å². The van der Waals surface area contributed by atoms with Gasteiger partial charge in [0.25, 0.3) is 5.91 Å². The Balaban J connectivity index is 2.04. The molecule has 2 rings (SSSR count). The summed E-state index contributed by atoms with van der Waals surface area (Å²) in [6, 6.07) is 1.75. The Kier molecular flexibility index (Phi) is 4.38. The van der Waals surface area contributed by atoms with E-state index in [9.17, 15) is 4.79 Å². The zero-order valence-electron chi connectivity index (χ0n) is 12.8. The summed E-state index contributed by atoms with van der Waals surface area (Å²) in [6.07, 6.45) is 6.60. The highest BCUT2D eigenvalue weighted by Crippen LogP contribution is 2.33. The average Bonchev–Trinajstić information content (AvgIpc) is 3.03. The number of amides is 1. The lowest BCUT2D eigenvalue weighted by molar-refractivity contribution is 0.0891. The second-order valence-corrected chi connectivity index (χ2v) is 5.95. The summed E-state index contributed by atoms with van der Waals surface area (Å²) in [4.78, 5) is 14.6. The molecule has 0 aromatic carbocycles. The Bertz CT molecular complexity index is 472. The van der Waals surface area contributed by atoms with Gasteiger partial charge in [0.15, 0.2) is 0 Å². The lowest BCUT2D eigenvalue weighted by atomic mass is 9.96. The highest BCUT2D eigenvalue weighted by molar-refractivity contribution is 5.93. The summed E-state index contributed by atoms with van der Waals surface area (Å²) in [6.45, 7) is 3.46. The number of hydrogen-bond donors (Lipinski definition) is 2. The Labute approximate surface area is 121 Å². The number of nitrogens with zero attached hydrogens (tertiary/aromatic N) is 2. The number of carbonyl (C=O) groups excluding carboxylic acids is 1. The third kappa shape index (κ3) is 2.82. The quantitative estimate of drug-likeness (QED) is 0.861. The molecule has 1 aliphatic carbocycles. The van der Waals surface area contributed by atoms with Gasteiger partial charge in [-0.15, -0.1) is 0 Å². The molecule has 0 bridgehead atoms. The van der Waals surface area contributed by atoms with Crippen molar-refractivity contribution in [3.8, 4) is 0 Å². The maximum absolute atomic E-state index is 12.4. The van der Waals surface area contributed by atoms with Crippen LogP contribution in [0.4, 0.5) is 5.69 Å². The summed E-state index contributed by atoms with van der Waals surface area (Å²) < 4.78 is 1.89. The van der Waals surface area contributed by atoms with Crippen molar-refractivity contribution in [2.75, 3.05) is 26.4 Å². The highest BCUT2D eigenvalue weighted by Gasteiger charge is 2.36. The predicted molar refractivity (Wildman–Crippen MR) is 81.7 cm³/mol. The number of nitrogens with two attached hydrogens (primary N) is 1. The van der Waals surface area contributed by atoms with Gasteiger partial charge in [-0.25, -0.2) is 0 Å². The molecular weight excluding hydrogens is 252 g/mol. The number of carbonyl (C=O) groups is 1. The molecule has 5 nitrogen and oxygen atoms in total. The molecule has 1 aromatic heterocycles. The molecule has 1 heterocycles. The van der Waals surface area contributed by atoms with Crippen molar-refractivity contribution in [3.63, 3.8) is 0 Å². The van der Waals surface area contributed by atoms with E-state index in [1.54, 1.807) is 6.07 Å². The minimum atomic E-state index is -0.0309. The molecule has 1 amide bonds. The van der Waals surface area contributed by atoms with Gasteiger partial charge in [0.05, 0.1) is 5.69 Å². The van der Waals surface area contributed by atoms with Crippen LogP contribution in [-0.2, 0) is 6.54 Å². The zero-order valence-corrected chi connectivity index (χ0v) is 12.8. The molecule has 1 aliphatic rings. The van der Waals surface area contributed by atoms with E-state index >= 15 is 0 Å². The molecule has 0 radical (unpaired) electrons. The zero-order chi connectivity index (χ0) is 14.8. The van der Waals surface area contributed by atoms with Crippen LogP contribution in [0.25, 0.3) is 0 Å². The number of hydrogen-bond acceptors (Lipinski definition) is 3. The lowest BCUT2D eigenvalue weighted by Gasteiger charge is -2.36. The van der Waals surface area contributed by atoms with Crippen LogP contribution in [0.15, 0.2) is 12.3 Å². The maximum Gasteiger partial charge on any atom is 0.268 e. The smallest absolute Gasteiger partial charge is 0.268 e. The van der Waals surface area contributed by atoms with Crippen LogP contribution >= 0.6 is 0 Å². The predicted octanol–water partition coefficient (Wildman–Crippen LogP) is 1.69. The van der Waals surface area contributed by atoms with Crippen LogP contribution in [0.5, 0.6) is 0 Å². The Morgan fingerprint density at radius 3 is 2.65 bits per heavy atom.